The first-order valence-corrected chi connectivity index (χ1v) is 8.81. The number of fused-ring (bicyclic) bond motifs is 1. The quantitative estimate of drug-likeness (QED) is 0.736. The lowest BCUT2D eigenvalue weighted by Crippen LogP contribution is -2.46. The number of piperazine rings is 1. The monoisotopic (exact) mass is 320 g/mol. The zero-order chi connectivity index (χ0) is 16.4. The maximum atomic E-state index is 4.86. The zero-order valence-electron chi connectivity index (χ0n) is 14.2. The summed E-state index contributed by atoms with van der Waals surface area (Å²) in [5.41, 5.74) is 3.69. The van der Waals surface area contributed by atoms with Crippen molar-refractivity contribution in [2.45, 2.75) is 20.0 Å². The Labute approximate surface area is 143 Å². The van der Waals surface area contributed by atoms with Crippen LogP contribution >= 0.6 is 0 Å². The average Bonchev–Trinajstić information content (AvgIpc) is 3.00. The predicted molar refractivity (Wildman–Crippen MR) is 99.3 cm³/mol. The minimum atomic E-state index is 0.936. The Bertz CT molecular complexity index is 801. The van der Waals surface area contributed by atoms with Gasteiger partial charge in [-0.3, -0.25) is 4.90 Å². The van der Waals surface area contributed by atoms with E-state index < -0.39 is 0 Å². The van der Waals surface area contributed by atoms with E-state index in [4.69, 9.17) is 4.98 Å². The second-order valence-corrected chi connectivity index (χ2v) is 6.36. The van der Waals surface area contributed by atoms with E-state index in [2.05, 4.69) is 75.9 Å². The Kier molecular flexibility index (Phi) is 4.22. The molecule has 3 aromatic rings. The van der Waals surface area contributed by atoms with Crippen LogP contribution in [0.1, 0.15) is 12.7 Å². The highest BCUT2D eigenvalue weighted by Crippen LogP contribution is 2.19. The van der Waals surface area contributed by atoms with Crippen LogP contribution in [0.25, 0.3) is 11.0 Å². The molecule has 124 valence electrons. The van der Waals surface area contributed by atoms with Crippen LogP contribution in [0.5, 0.6) is 0 Å². The first-order valence-electron chi connectivity index (χ1n) is 8.81. The highest BCUT2D eigenvalue weighted by atomic mass is 15.3. The highest BCUT2D eigenvalue weighted by Gasteiger charge is 2.19. The molecule has 1 aliphatic heterocycles. The van der Waals surface area contributed by atoms with Crippen LogP contribution in [0.2, 0.25) is 0 Å². The van der Waals surface area contributed by atoms with E-state index in [-0.39, 0.29) is 0 Å². The molecule has 1 fully saturated rings. The molecule has 4 heteroatoms. The van der Waals surface area contributed by atoms with Gasteiger partial charge in [-0.15, -0.1) is 0 Å². The fraction of sp³-hybridized carbons (Fsp3) is 0.350. The molecule has 0 aliphatic carbocycles. The Hall–Kier alpha value is -2.33. The van der Waals surface area contributed by atoms with Gasteiger partial charge in [0.2, 0.25) is 0 Å². The maximum absolute atomic E-state index is 4.86. The molecule has 4 nitrogen and oxygen atoms in total. The number of imidazole rings is 1. The molecule has 24 heavy (non-hydrogen) atoms. The Morgan fingerprint density at radius 1 is 0.875 bits per heavy atom. The van der Waals surface area contributed by atoms with Crippen LogP contribution in [0.15, 0.2) is 54.6 Å². The van der Waals surface area contributed by atoms with E-state index in [1.165, 1.54) is 17.0 Å². The fourth-order valence-electron chi connectivity index (χ4n) is 3.60. The van der Waals surface area contributed by atoms with Crippen LogP contribution in [0, 0.1) is 0 Å². The number of aromatic nitrogens is 2. The number of rotatable bonds is 4. The third-order valence-corrected chi connectivity index (χ3v) is 4.91. The molecule has 2 heterocycles. The predicted octanol–water partition coefficient (Wildman–Crippen LogP) is 3.38. The van der Waals surface area contributed by atoms with Gasteiger partial charge in [0, 0.05) is 38.4 Å². The number of hydrogen-bond donors (Lipinski definition) is 0. The van der Waals surface area contributed by atoms with Crippen molar-refractivity contribution in [2.75, 3.05) is 31.1 Å². The van der Waals surface area contributed by atoms with Gasteiger partial charge in [-0.25, -0.2) is 4.98 Å². The van der Waals surface area contributed by atoms with E-state index in [1.807, 2.05) is 0 Å². The number of anilines is 1. The summed E-state index contributed by atoms with van der Waals surface area (Å²) >= 11 is 0. The molecule has 0 atom stereocenters. The summed E-state index contributed by atoms with van der Waals surface area (Å²) in [5.74, 6) is 1.19. The summed E-state index contributed by atoms with van der Waals surface area (Å²) in [7, 11) is 0. The molecule has 0 radical (unpaired) electrons. The zero-order valence-corrected chi connectivity index (χ0v) is 14.2. The molecule has 0 N–H and O–H groups in total. The van der Waals surface area contributed by atoms with E-state index in [0.29, 0.717) is 0 Å². The molecule has 1 aromatic heterocycles. The number of para-hydroxylation sites is 3. The second kappa shape index (κ2) is 6.65. The van der Waals surface area contributed by atoms with Gasteiger partial charge in [0.25, 0.3) is 0 Å². The molecule has 1 aliphatic rings. The molecule has 0 amide bonds. The summed E-state index contributed by atoms with van der Waals surface area (Å²) < 4.78 is 2.35. The van der Waals surface area contributed by atoms with Crippen molar-refractivity contribution in [3.05, 3.63) is 60.4 Å². The lowest BCUT2D eigenvalue weighted by Gasteiger charge is -2.36. The van der Waals surface area contributed by atoms with E-state index in [9.17, 15) is 0 Å². The summed E-state index contributed by atoms with van der Waals surface area (Å²) in [6.07, 6.45) is 0. The van der Waals surface area contributed by atoms with Gasteiger partial charge in [0.15, 0.2) is 0 Å². The van der Waals surface area contributed by atoms with Crippen molar-refractivity contribution in [2.24, 2.45) is 0 Å². The maximum Gasteiger partial charge on any atom is 0.124 e. The second-order valence-electron chi connectivity index (χ2n) is 6.36. The van der Waals surface area contributed by atoms with Crippen LogP contribution in [-0.4, -0.2) is 40.6 Å². The van der Waals surface area contributed by atoms with Gasteiger partial charge >= 0.3 is 0 Å². The third-order valence-electron chi connectivity index (χ3n) is 4.91. The Morgan fingerprint density at radius 2 is 1.58 bits per heavy atom. The molecular weight excluding hydrogens is 296 g/mol. The molecule has 2 aromatic carbocycles. The number of benzene rings is 2. The van der Waals surface area contributed by atoms with E-state index in [0.717, 1.165) is 44.8 Å². The van der Waals surface area contributed by atoms with Gasteiger partial charge < -0.3 is 9.47 Å². The summed E-state index contributed by atoms with van der Waals surface area (Å²) in [5, 5.41) is 0. The van der Waals surface area contributed by atoms with E-state index >= 15 is 0 Å². The van der Waals surface area contributed by atoms with Crippen LogP contribution < -0.4 is 4.90 Å². The van der Waals surface area contributed by atoms with Crippen molar-refractivity contribution in [3.63, 3.8) is 0 Å². The van der Waals surface area contributed by atoms with Gasteiger partial charge in [-0.1, -0.05) is 30.3 Å². The normalized spacial score (nSPS) is 16.0. The van der Waals surface area contributed by atoms with Crippen molar-refractivity contribution in [1.29, 1.82) is 0 Å². The SMILES string of the molecule is CCn1c(CN2CCN(c3ccccc3)CC2)nc2ccccc21. The van der Waals surface area contributed by atoms with Gasteiger partial charge in [-0.2, -0.15) is 0 Å². The first-order chi connectivity index (χ1) is 11.8. The minimum absolute atomic E-state index is 0.936. The molecule has 0 unspecified atom stereocenters. The summed E-state index contributed by atoms with van der Waals surface area (Å²) in [4.78, 5) is 9.85. The smallest absolute Gasteiger partial charge is 0.124 e. The molecule has 0 spiro atoms. The van der Waals surface area contributed by atoms with Crippen LogP contribution in [-0.2, 0) is 13.1 Å². The largest absolute Gasteiger partial charge is 0.369 e. The molecule has 4 rings (SSSR count). The summed E-state index contributed by atoms with van der Waals surface area (Å²) in [6.45, 7) is 8.44. The lowest BCUT2D eigenvalue weighted by atomic mass is 10.2. The van der Waals surface area contributed by atoms with Gasteiger partial charge in [0.05, 0.1) is 17.6 Å². The minimum Gasteiger partial charge on any atom is -0.369 e. The fourth-order valence-corrected chi connectivity index (χ4v) is 3.60. The topological polar surface area (TPSA) is 24.3 Å². The molecule has 0 saturated carbocycles. The van der Waals surface area contributed by atoms with E-state index in [1.54, 1.807) is 0 Å². The average molecular weight is 320 g/mol. The van der Waals surface area contributed by atoms with Gasteiger partial charge in [-0.05, 0) is 31.2 Å². The summed E-state index contributed by atoms with van der Waals surface area (Å²) in [6, 6.07) is 19.2. The number of hydrogen-bond acceptors (Lipinski definition) is 3. The standard InChI is InChI=1S/C20H24N4/c1-2-24-19-11-7-6-10-18(19)21-20(24)16-22-12-14-23(15-13-22)17-8-4-3-5-9-17/h3-11H,2,12-16H2,1H3. The van der Waals surface area contributed by atoms with Crippen molar-refractivity contribution in [3.8, 4) is 0 Å². The Balaban J connectivity index is 1.46. The third kappa shape index (κ3) is 2.89. The van der Waals surface area contributed by atoms with Crippen LogP contribution in [0.4, 0.5) is 5.69 Å². The number of nitrogens with zero attached hydrogens (tertiary/aromatic N) is 4. The first kappa shape index (κ1) is 15.2. The van der Waals surface area contributed by atoms with Crippen LogP contribution in [0.3, 0.4) is 0 Å². The molecule has 1 saturated heterocycles. The molecule has 0 bridgehead atoms. The van der Waals surface area contributed by atoms with Gasteiger partial charge in [0.1, 0.15) is 5.82 Å². The van der Waals surface area contributed by atoms with Crippen molar-refractivity contribution < 1.29 is 0 Å². The number of aryl methyl sites for hydroxylation is 1. The Morgan fingerprint density at radius 3 is 2.33 bits per heavy atom. The molecular formula is C20H24N4. The van der Waals surface area contributed by atoms with Crippen molar-refractivity contribution >= 4 is 16.7 Å². The lowest BCUT2D eigenvalue weighted by molar-refractivity contribution is 0.241. The highest BCUT2D eigenvalue weighted by molar-refractivity contribution is 5.75. The van der Waals surface area contributed by atoms with Crippen molar-refractivity contribution in [1.82, 2.24) is 14.5 Å².